The third-order valence-electron chi connectivity index (χ3n) is 3.61. The normalized spacial score (nSPS) is 22.6. The highest BCUT2D eigenvalue weighted by molar-refractivity contribution is 4.84. The Morgan fingerprint density at radius 1 is 1.18 bits per heavy atom. The van der Waals surface area contributed by atoms with Gasteiger partial charge in [-0.15, -0.1) is 0 Å². The molecule has 0 aromatic rings. The highest BCUT2D eigenvalue weighted by Crippen LogP contribution is 2.33. The molecule has 1 unspecified atom stereocenters. The molecule has 17 heavy (non-hydrogen) atoms. The Morgan fingerprint density at radius 2 is 1.76 bits per heavy atom. The van der Waals surface area contributed by atoms with Crippen molar-refractivity contribution in [1.29, 1.82) is 0 Å². The van der Waals surface area contributed by atoms with Crippen LogP contribution >= 0.6 is 0 Å². The molecular weight excluding hydrogens is 214 g/mol. The van der Waals surface area contributed by atoms with E-state index in [-0.39, 0.29) is 6.29 Å². The van der Waals surface area contributed by atoms with Crippen LogP contribution in [0, 0.1) is 11.3 Å². The minimum Gasteiger partial charge on any atom is -0.352 e. The number of hydrogen-bond donors (Lipinski definition) is 0. The second-order valence-electron chi connectivity index (χ2n) is 5.95. The first-order valence-electron chi connectivity index (χ1n) is 6.93. The summed E-state index contributed by atoms with van der Waals surface area (Å²) < 4.78 is 11.2. The number of hydrogen-bond acceptors (Lipinski definition) is 3. The second kappa shape index (κ2) is 6.72. The maximum absolute atomic E-state index is 5.60. The van der Waals surface area contributed by atoms with Gasteiger partial charge in [0.05, 0.1) is 0 Å². The van der Waals surface area contributed by atoms with Gasteiger partial charge in [-0.05, 0) is 38.1 Å². The highest BCUT2D eigenvalue weighted by Gasteiger charge is 2.32. The summed E-state index contributed by atoms with van der Waals surface area (Å²) in [6.07, 6.45) is 1.25. The van der Waals surface area contributed by atoms with E-state index in [1.54, 1.807) is 0 Å². The summed E-state index contributed by atoms with van der Waals surface area (Å²) in [5, 5.41) is 0. The van der Waals surface area contributed by atoms with E-state index in [1.165, 1.54) is 19.5 Å². The molecule has 1 rings (SSSR count). The minimum atomic E-state index is -0.0521. The van der Waals surface area contributed by atoms with E-state index >= 15 is 0 Å². The fraction of sp³-hybridized carbons (Fsp3) is 1.00. The van der Waals surface area contributed by atoms with E-state index in [4.69, 9.17) is 9.47 Å². The van der Waals surface area contributed by atoms with Crippen LogP contribution in [0.2, 0.25) is 0 Å². The van der Waals surface area contributed by atoms with Gasteiger partial charge in [0.15, 0.2) is 6.29 Å². The van der Waals surface area contributed by atoms with Crippen molar-refractivity contribution in [3.05, 3.63) is 0 Å². The summed E-state index contributed by atoms with van der Waals surface area (Å²) in [6.45, 7) is 15.8. The van der Waals surface area contributed by atoms with E-state index < -0.39 is 0 Å². The summed E-state index contributed by atoms with van der Waals surface area (Å²) in [5.74, 6) is 0.798. The molecular formula is C14H29NO2. The Balaban J connectivity index is 2.37. The molecule has 1 heterocycles. The van der Waals surface area contributed by atoms with Crippen LogP contribution in [0.15, 0.2) is 0 Å². The zero-order valence-corrected chi connectivity index (χ0v) is 12.2. The lowest BCUT2D eigenvalue weighted by atomic mass is 9.80. The monoisotopic (exact) mass is 243 g/mol. The molecule has 1 saturated heterocycles. The number of rotatable bonds is 6. The van der Waals surface area contributed by atoms with Gasteiger partial charge < -0.3 is 9.47 Å². The van der Waals surface area contributed by atoms with Crippen LogP contribution in [0.5, 0.6) is 0 Å². The van der Waals surface area contributed by atoms with Crippen LogP contribution in [-0.2, 0) is 9.47 Å². The van der Waals surface area contributed by atoms with Crippen LogP contribution in [-0.4, -0.2) is 44.0 Å². The molecule has 0 aliphatic carbocycles. The SMILES string of the molecule is CCOC(CN1CCC(C(C)(C)C)C1)OCC. The predicted octanol–water partition coefficient (Wildman–Crippen LogP) is 2.75. The minimum absolute atomic E-state index is 0.0521. The van der Waals surface area contributed by atoms with E-state index in [0.29, 0.717) is 5.41 Å². The fourth-order valence-corrected chi connectivity index (χ4v) is 2.44. The largest absolute Gasteiger partial charge is 0.352 e. The molecule has 1 aliphatic heterocycles. The molecule has 0 amide bonds. The molecule has 1 fully saturated rings. The van der Waals surface area contributed by atoms with Crippen molar-refractivity contribution in [3.63, 3.8) is 0 Å². The topological polar surface area (TPSA) is 21.7 Å². The van der Waals surface area contributed by atoms with Gasteiger partial charge in [0, 0.05) is 26.3 Å². The van der Waals surface area contributed by atoms with Crippen molar-refractivity contribution in [2.24, 2.45) is 11.3 Å². The first-order chi connectivity index (χ1) is 7.97. The maximum atomic E-state index is 5.60. The van der Waals surface area contributed by atoms with Gasteiger partial charge in [-0.1, -0.05) is 20.8 Å². The van der Waals surface area contributed by atoms with E-state index in [9.17, 15) is 0 Å². The molecule has 0 bridgehead atoms. The van der Waals surface area contributed by atoms with Gasteiger partial charge in [0.2, 0.25) is 0 Å². The Bertz CT molecular complexity index is 207. The van der Waals surface area contributed by atoms with Crippen LogP contribution < -0.4 is 0 Å². The number of ether oxygens (including phenoxy) is 2. The third-order valence-corrected chi connectivity index (χ3v) is 3.61. The predicted molar refractivity (Wildman–Crippen MR) is 71.0 cm³/mol. The van der Waals surface area contributed by atoms with E-state index in [2.05, 4.69) is 25.7 Å². The smallest absolute Gasteiger partial charge is 0.170 e. The van der Waals surface area contributed by atoms with Crippen molar-refractivity contribution in [1.82, 2.24) is 4.90 Å². The van der Waals surface area contributed by atoms with Crippen molar-refractivity contribution >= 4 is 0 Å². The molecule has 0 N–H and O–H groups in total. The van der Waals surface area contributed by atoms with Crippen molar-refractivity contribution in [3.8, 4) is 0 Å². The van der Waals surface area contributed by atoms with Crippen LogP contribution in [0.1, 0.15) is 41.0 Å². The lowest BCUT2D eigenvalue weighted by molar-refractivity contribution is -0.145. The summed E-state index contributed by atoms with van der Waals surface area (Å²) >= 11 is 0. The Hall–Kier alpha value is -0.120. The standard InChI is InChI=1S/C14H29NO2/c1-6-16-13(17-7-2)11-15-9-8-12(10-15)14(3,4)5/h12-13H,6-11H2,1-5H3. The first kappa shape index (κ1) is 14.9. The Morgan fingerprint density at radius 3 is 2.18 bits per heavy atom. The van der Waals surface area contributed by atoms with Crippen LogP contribution in [0.3, 0.4) is 0 Å². The molecule has 0 radical (unpaired) electrons. The molecule has 0 saturated carbocycles. The summed E-state index contributed by atoms with van der Waals surface area (Å²) in [7, 11) is 0. The Labute approximate surface area is 106 Å². The van der Waals surface area contributed by atoms with E-state index in [0.717, 1.165) is 25.7 Å². The quantitative estimate of drug-likeness (QED) is 0.670. The van der Waals surface area contributed by atoms with E-state index in [1.807, 2.05) is 13.8 Å². The van der Waals surface area contributed by atoms with Crippen molar-refractivity contribution < 1.29 is 9.47 Å². The molecule has 0 aromatic carbocycles. The lowest BCUT2D eigenvalue weighted by Gasteiger charge is -2.28. The third kappa shape index (κ3) is 4.94. The Kier molecular flexibility index (Phi) is 5.90. The first-order valence-corrected chi connectivity index (χ1v) is 6.93. The zero-order chi connectivity index (χ0) is 12.9. The summed E-state index contributed by atoms with van der Waals surface area (Å²) in [6, 6.07) is 0. The van der Waals surface area contributed by atoms with Gasteiger partial charge >= 0.3 is 0 Å². The van der Waals surface area contributed by atoms with Gasteiger partial charge in [-0.3, -0.25) is 4.90 Å². The molecule has 3 heteroatoms. The molecule has 3 nitrogen and oxygen atoms in total. The van der Waals surface area contributed by atoms with Crippen molar-refractivity contribution in [2.75, 3.05) is 32.8 Å². The zero-order valence-electron chi connectivity index (χ0n) is 12.2. The fourth-order valence-electron chi connectivity index (χ4n) is 2.44. The van der Waals surface area contributed by atoms with Crippen LogP contribution in [0.4, 0.5) is 0 Å². The molecule has 0 spiro atoms. The van der Waals surface area contributed by atoms with Gasteiger partial charge in [0.1, 0.15) is 0 Å². The second-order valence-corrected chi connectivity index (χ2v) is 5.95. The average Bonchev–Trinajstić information content (AvgIpc) is 2.66. The molecule has 0 aromatic heterocycles. The highest BCUT2D eigenvalue weighted by atomic mass is 16.7. The lowest BCUT2D eigenvalue weighted by Crippen LogP contribution is -2.35. The van der Waals surface area contributed by atoms with Crippen LogP contribution in [0.25, 0.3) is 0 Å². The summed E-state index contributed by atoms with van der Waals surface area (Å²) in [5.41, 5.74) is 0.418. The van der Waals surface area contributed by atoms with Gasteiger partial charge in [-0.2, -0.15) is 0 Å². The summed E-state index contributed by atoms with van der Waals surface area (Å²) in [4.78, 5) is 2.48. The molecule has 102 valence electrons. The molecule has 1 aliphatic rings. The molecule has 1 atom stereocenters. The number of nitrogens with zero attached hydrogens (tertiary/aromatic N) is 1. The van der Waals surface area contributed by atoms with Gasteiger partial charge in [-0.25, -0.2) is 0 Å². The average molecular weight is 243 g/mol. The van der Waals surface area contributed by atoms with Gasteiger partial charge in [0.25, 0.3) is 0 Å². The number of likely N-dealkylation sites (tertiary alicyclic amines) is 1. The maximum Gasteiger partial charge on any atom is 0.170 e. The van der Waals surface area contributed by atoms with Crippen molar-refractivity contribution in [2.45, 2.75) is 47.3 Å².